The van der Waals surface area contributed by atoms with Gasteiger partial charge >= 0.3 is 0 Å². The van der Waals surface area contributed by atoms with Crippen molar-refractivity contribution < 1.29 is 27.4 Å². The Hall–Kier alpha value is -2.66. The molecule has 2 aromatic carbocycles. The minimum atomic E-state index is -3.70. The van der Waals surface area contributed by atoms with Crippen molar-refractivity contribution in [1.29, 1.82) is 0 Å². The fraction of sp³-hybridized carbons (Fsp3) is 0.348. The number of para-hydroxylation sites is 1. The summed E-state index contributed by atoms with van der Waals surface area (Å²) in [4.78, 5) is 4.81. The molecular weight excluding hydrogens is 464 g/mol. The number of hydrogen-bond acceptors (Lipinski definition) is 8. The van der Waals surface area contributed by atoms with Crippen LogP contribution in [0.4, 0.5) is 0 Å². The molecule has 0 spiro atoms. The second kappa shape index (κ2) is 11.5. The molecule has 3 aromatic rings. The second-order valence-electron chi connectivity index (χ2n) is 7.16. The van der Waals surface area contributed by atoms with E-state index in [1.807, 2.05) is 18.4 Å². The molecule has 8 nitrogen and oxygen atoms in total. The van der Waals surface area contributed by atoms with Crippen molar-refractivity contribution in [2.75, 3.05) is 34.5 Å². The summed E-state index contributed by atoms with van der Waals surface area (Å²) in [5.74, 6) is 1.60. The number of ether oxygens (including phenoxy) is 4. The van der Waals surface area contributed by atoms with Gasteiger partial charge in [-0.15, -0.1) is 11.3 Å². The number of benzene rings is 2. The molecule has 0 aliphatic heterocycles. The van der Waals surface area contributed by atoms with Crippen molar-refractivity contribution in [2.45, 2.75) is 25.0 Å². The van der Waals surface area contributed by atoms with E-state index in [1.165, 1.54) is 15.6 Å². The van der Waals surface area contributed by atoms with Crippen LogP contribution in [0.1, 0.15) is 16.3 Å². The van der Waals surface area contributed by atoms with E-state index in [9.17, 15) is 8.42 Å². The van der Waals surface area contributed by atoms with Gasteiger partial charge in [-0.2, -0.15) is 4.31 Å². The number of nitrogens with zero attached hydrogens (tertiary/aromatic N) is 2. The lowest BCUT2D eigenvalue weighted by atomic mass is 10.2. The molecule has 0 saturated heterocycles. The Morgan fingerprint density at radius 3 is 2.27 bits per heavy atom. The number of aromatic nitrogens is 1. The number of sulfonamides is 1. The molecule has 0 aliphatic rings. The maximum absolute atomic E-state index is 13.2. The lowest BCUT2D eigenvalue weighted by molar-refractivity contribution is 0.177. The smallest absolute Gasteiger partial charge is 0.243 e. The van der Waals surface area contributed by atoms with Gasteiger partial charge in [-0.3, -0.25) is 0 Å². The van der Waals surface area contributed by atoms with E-state index >= 15 is 0 Å². The highest BCUT2D eigenvalue weighted by molar-refractivity contribution is 7.89. The lowest BCUT2D eigenvalue weighted by Gasteiger charge is -2.21. The average Bonchev–Trinajstić information content (AvgIpc) is 3.27. The van der Waals surface area contributed by atoms with Crippen LogP contribution in [0.15, 0.2) is 52.7 Å². The van der Waals surface area contributed by atoms with Crippen LogP contribution in [-0.2, 0) is 27.9 Å². The van der Waals surface area contributed by atoms with Gasteiger partial charge in [0, 0.05) is 19.0 Å². The molecule has 1 heterocycles. The summed E-state index contributed by atoms with van der Waals surface area (Å²) < 4.78 is 49.5. The van der Waals surface area contributed by atoms with Gasteiger partial charge in [0.25, 0.3) is 0 Å². The van der Waals surface area contributed by atoms with Gasteiger partial charge in [0.1, 0.15) is 11.6 Å². The Balaban J connectivity index is 1.75. The summed E-state index contributed by atoms with van der Waals surface area (Å²) in [5.41, 5.74) is 1.63. The topological polar surface area (TPSA) is 87.2 Å². The third-order valence-corrected chi connectivity index (χ3v) is 7.59. The maximum Gasteiger partial charge on any atom is 0.243 e. The lowest BCUT2D eigenvalue weighted by Crippen LogP contribution is -2.33. The second-order valence-corrected chi connectivity index (χ2v) is 10.0. The molecule has 10 heteroatoms. The van der Waals surface area contributed by atoms with Crippen molar-refractivity contribution in [3.8, 4) is 17.2 Å². The van der Waals surface area contributed by atoms with E-state index in [4.69, 9.17) is 18.9 Å². The van der Waals surface area contributed by atoms with E-state index in [-0.39, 0.29) is 31.2 Å². The summed E-state index contributed by atoms with van der Waals surface area (Å²) in [7, 11) is 0.968. The summed E-state index contributed by atoms with van der Waals surface area (Å²) in [6, 6.07) is 12.2. The molecule has 178 valence electrons. The predicted molar refractivity (Wildman–Crippen MR) is 127 cm³/mol. The average molecular weight is 493 g/mol. The first-order chi connectivity index (χ1) is 15.9. The molecule has 0 amide bonds. The van der Waals surface area contributed by atoms with Gasteiger partial charge in [0.15, 0.2) is 11.5 Å². The monoisotopic (exact) mass is 492 g/mol. The van der Waals surface area contributed by atoms with E-state index in [0.717, 1.165) is 5.56 Å². The quantitative estimate of drug-likeness (QED) is 0.379. The molecule has 0 N–H and O–H groups in total. The number of rotatable bonds is 12. The van der Waals surface area contributed by atoms with Crippen LogP contribution >= 0.6 is 11.3 Å². The van der Waals surface area contributed by atoms with Crippen molar-refractivity contribution >= 4 is 21.4 Å². The van der Waals surface area contributed by atoms with Gasteiger partial charge in [-0.05, 0) is 31.2 Å². The number of hydrogen-bond donors (Lipinski definition) is 0. The van der Waals surface area contributed by atoms with Gasteiger partial charge in [0.05, 0.1) is 38.0 Å². The highest BCUT2D eigenvalue weighted by Crippen LogP contribution is 2.37. The van der Waals surface area contributed by atoms with Crippen LogP contribution in [0.2, 0.25) is 0 Å². The minimum absolute atomic E-state index is 0.133. The largest absolute Gasteiger partial charge is 0.493 e. The van der Waals surface area contributed by atoms with E-state index in [1.54, 1.807) is 57.7 Å². The SMILES string of the molecule is COCCN(Cc1csc(COc2c(OC)cccc2OC)n1)S(=O)(=O)c1ccc(C)cc1. The molecule has 0 bridgehead atoms. The molecule has 0 aliphatic carbocycles. The van der Waals surface area contributed by atoms with E-state index < -0.39 is 10.0 Å². The molecule has 0 unspecified atom stereocenters. The Labute approximate surface area is 198 Å². The standard InChI is InChI=1S/C23H28N2O6S2/c1-17-8-10-19(11-9-17)33(26,27)25(12-13-28-2)14-18-16-32-22(24-18)15-31-23-20(29-3)6-5-7-21(23)30-4/h5-11,16H,12-15H2,1-4H3. The van der Waals surface area contributed by atoms with Crippen LogP contribution < -0.4 is 14.2 Å². The van der Waals surface area contributed by atoms with Crippen LogP contribution in [-0.4, -0.2) is 52.2 Å². The molecule has 0 fully saturated rings. The number of aryl methyl sites for hydroxylation is 1. The zero-order valence-corrected chi connectivity index (χ0v) is 20.7. The summed E-state index contributed by atoms with van der Waals surface area (Å²) >= 11 is 1.40. The van der Waals surface area contributed by atoms with Crippen LogP contribution in [0.3, 0.4) is 0 Å². The third-order valence-electron chi connectivity index (χ3n) is 4.86. The highest BCUT2D eigenvalue weighted by Gasteiger charge is 2.25. The summed E-state index contributed by atoms with van der Waals surface area (Å²) in [6.45, 7) is 2.74. The molecule has 0 radical (unpaired) electrons. The first-order valence-corrected chi connectivity index (χ1v) is 12.5. The molecule has 1 aromatic heterocycles. The summed E-state index contributed by atoms with van der Waals surface area (Å²) in [6.07, 6.45) is 0. The molecule has 33 heavy (non-hydrogen) atoms. The van der Waals surface area contributed by atoms with Gasteiger partial charge in [-0.1, -0.05) is 23.8 Å². The van der Waals surface area contributed by atoms with Crippen LogP contribution in [0, 0.1) is 6.92 Å². The van der Waals surface area contributed by atoms with Crippen molar-refractivity contribution in [3.63, 3.8) is 0 Å². The Morgan fingerprint density at radius 1 is 1.00 bits per heavy atom. The molecule has 3 rings (SSSR count). The zero-order chi connectivity index (χ0) is 23.8. The Morgan fingerprint density at radius 2 is 1.67 bits per heavy atom. The predicted octanol–water partition coefficient (Wildman–Crippen LogP) is 3.89. The first-order valence-electron chi connectivity index (χ1n) is 10.2. The zero-order valence-electron chi connectivity index (χ0n) is 19.1. The van der Waals surface area contributed by atoms with Gasteiger partial charge < -0.3 is 18.9 Å². The molecule has 0 atom stereocenters. The van der Waals surface area contributed by atoms with Crippen molar-refractivity contribution in [2.24, 2.45) is 0 Å². The van der Waals surface area contributed by atoms with E-state index in [2.05, 4.69) is 4.98 Å². The number of methoxy groups -OCH3 is 3. The fourth-order valence-corrected chi connectivity index (χ4v) is 5.19. The Kier molecular flexibility index (Phi) is 8.67. The molecule has 0 saturated carbocycles. The normalized spacial score (nSPS) is 11.5. The van der Waals surface area contributed by atoms with Crippen LogP contribution in [0.5, 0.6) is 17.2 Å². The first kappa shape index (κ1) is 25.0. The maximum atomic E-state index is 13.2. The van der Waals surface area contributed by atoms with Crippen molar-refractivity contribution in [3.05, 3.63) is 64.1 Å². The Bertz CT molecular complexity index is 1120. The highest BCUT2D eigenvalue weighted by atomic mass is 32.2. The molecular formula is C23H28N2O6S2. The van der Waals surface area contributed by atoms with Gasteiger partial charge in [0.2, 0.25) is 15.8 Å². The third kappa shape index (κ3) is 6.23. The number of thiazole rings is 1. The van der Waals surface area contributed by atoms with Crippen LogP contribution in [0.25, 0.3) is 0 Å². The van der Waals surface area contributed by atoms with Gasteiger partial charge in [-0.25, -0.2) is 13.4 Å². The minimum Gasteiger partial charge on any atom is -0.493 e. The summed E-state index contributed by atoms with van der Waals surface area (Å²) in [5, 5.41) is 2.54. The van der Waals surface area contributed by atoms with Crippen molar-refractivity contribution in [1.82, 2.24) is 9.29 Å². The fourth-order valence-electron chi connectivity index (χ4n) is 3.10. The van der Waals surface area contributed by atoms with E-state index in [0.29, 0.717) is 28.0 Å².